The molecule has 148 valence electrons. The Morgan fingerprint density at radius 1 is 0.964 bits per heavy atom. The summed E-state index contributed by atoms with van der Waals surface area (Å²) >= 11 is 5.19. The molecular weight excluding hydrogens is 370 g/mol. The summed E-state index contributed by atoms with van der Waals surface area (Å²) in [5.74, 6) is -0.175. The zero-order valence-electron chi connectivity index (χ0n) is 16.4. The molecule has 2 amide bonds. The summed E-state index contributed by atoms with van der Waals surface area (Å²) in [6, 6.07) is 16.5. The Bertz CT molecular complexity index is 791. The maximum absolute atomic E-state index is 12.6. The van der Waals surface area contributed by atoms with Gasteiger partial charge >= 0.3 is 0 Å². The van der Waals surface area contributed by atoms with Crippen molar-refractivity contribution in [3.63, 3.8) is 0 Å². The number of benzene rings is 2. The Labute approximate surface area is 172 Å². The van der Waals surface area contributed by atoms with Gasteiger partial charge in [-0.1, -0.05) is 44.4 Å². The first-order valence-electron chi connectivity index (χ1n) is 9.55. The molecule has 2 aromatic rings. The zero-order valence-corrected chi connectivity index (χ0v) is 17.2. The molecule has 28 heavy (non-hydrogen) atoms. The number of thiocarbonyl (C=S) groups is 1. The van der Waals surface area contributed by atoms with E-state index >= 15 is 0 Å². The molecule has 0 saturated carbocycles. The third-order valence-electron chi connectivity index (χ3n) is 4.35. The van der Waals surface area contributed by atoms with Crippen LogP contribution in [0.2, 0.25) is 0 Å². The highest BCUT2D eigenvalue weighted by Gasteiger charge is 2.13. The highest BCUT2D eigenvalue weighted by atomic mass is 32.1. The van der Waals surface area contributed by atoms with Crippen LogP contribution in [-0.4, -0.2) is 24.0 Å². The molecule has 2 rings (SSSR count). The molecule has 2 N–H and O–H groups in total. The summed E-state index contributed by atoms with van der Waals surface area (Å²) < 4.78 is 0. The van der Waals surface area contributed by atoms with E-state index in [0.29, 0.717) is 12.0 Å². The van der Waals surface area contributed by atoms with Crippen molar-refractivity contribution in [1.82, 2.24) is 5.32 Å². The average Bonchev–Trinajstić information content (AvgIpc) is 2.71. The number of para-hydroxylation sites is 1. The number of hydrogen-bond donors (Lipinski definition) is 2. The lowest BCUT2D eigenvalue weighted by Gasteiger charge is -2.17. The lowest BCUT2D eigenvalue weighted by molar-refractivity contribution is -0.119. The van der Waals surface area contributed by atoms with E-state index in [1.54, 1.807) is 36.2 Å². The normalized spacial score (nSPS) is 10.2. The van der Waals surface area contributed by atoms with Crippen molar-refractivity contribution >= 4 is 40.5 Å². The third-order valence-corrected chi connectivity index (χ3v) is 4.55. The highest BCUT2D eigenvalue weighted by molar-refractivity contribution is 7.80. The first kappa shape index (κ1) is 21.6. The molecule has 0 aliphatic rings. The molecule has 6 heteroatoms. The summed E-state index contributed by atoms with van der Waals surface area (Å²) in [5, 5.41) is 5.93. The minimum absolute atomic E-state index is 0.0788. The summed E-state index contributed by atoms with van der Waals surface area (Å²) in [6.45, 7) is 2.14. The van der Waals surface area contributed by atoms with Gasteiger partial charge in [-0.25, -0.2) is 0 Å². The Kier molecular flexibility index (Phi) is 8.62. The SMILES string of the molecule is CCCCCCC(=O)NC(=S)Nc1ccc(C(=O)N(C)c2ccccc2)cc1. The maximum atomic E-state index is 12.6. The molecule has 0 fully saturated rings. The Morgan fingerprint density at radius 2 is 1.64 bits per heavy atom. The second-order valence-electron chi connectivity index (χ2n) is 6.59. The predicted octanol–water partition coefficient (Wildman–Crippen LogP) is 4.75. The molecule has 0 aromatic heterocycles. The van der Waals surface area contributed by atoms with Gasteiger partial charge in [0.2, 0.25) is 5.91 Å². The fourth-order valence-corrected chi connectivity index (χ4v) is 2.95. The van der Waals surface area contributed by atoms with Gasteiger partial charge in [0.15, 0.2) is 5.11 Å². The Morgan fingerprint density at radius 3 is 2.29 bits per heavy atom. The molecular formula is C22H27N3O2S. The molecule has 0 unspecified atom stereocenters. The van der Waals surface area contributed by atoms with Crippen molar-refractivity contribution < 1.29 is 9.59 Å². The van der Waals surface area contributed by atoms with E-state index in [9.17, 15) is 9.59 Å². The van der Waals surface area contributed by atoms with Crippen molar-refractivity contribution in [2.24, 2.45) is 0 Å². The van der Waals surface area contributed by atoms with Gasteiger partial charge in [-0.3, -0.25) is 9.59 Å². The molecule has 0 aliphatic carbocycles. The van der Waals surface area contributed by atoms with E-state index in [-0.39, 0.29) is 16.9 Å². The molecule has 0 radical (unpaired) electrons. The lowest BCUT2D eigenvalue weighted by atomic mass is 10.1. The number of rotatable bonds is 8. The van der Waals surface area contributed by atoms with Crippen molar-refractivity contribution in [3.05, 3.63) is 60.2 Å². The molecule has 2 aromatic carbocycles. The summed E-state index contributed by atoms with van der Waals surface area (Å²) in [5.41, 5.74) is 2.12. The lowest BCUT2D eigenvalue weighted by Crippen LogP contribution is -2.33. The van der Waals surface area contributed by atoms with Crippen molar-refractivity contribution in [1.29, 1.82) is 0 Å². The van der Waals surface area contributed by atoms with Gasteiger partial charge in [-0.2, -0.15) is 0 Å². The quantitative estimate of drug-likeness (QED) is 0.499. The van der Waals surface area contributed by atoms with Crippen LogP contribution < -0.4 is 15.5 Å². The van der Waals surface area contributed by atoms with E-state index in [0.717, 1.165) is 37.1 Å². The Balaban J connectivity index is 1.85. The monoisotopic (exact) mass is 397 g/mol. The van der Waals surface area contributed by atoms with Crippen LogP contribution in [0.4, 0.5) is 11.4 Å². The van der Waals surface area contributed by atoms with E-state index in [1.165, 1.54) is 0 Å². The highest BCUT2D eigenvalue weighted by Crippen LogP contribution is 2.16. The molecule has 0 spiro atoms. The smallest absolute Gasteiger partial charge is 0.258 e. The second-order valence-corrected chi connectivity index (χ2v) is 7.00. The first-order chi connectivity index (χ1) is 13.5. The topological polar surface area (TPSA) is 61.4 Å². The molecule has 0 aliphatic heterocycles. The average molecular weight is 398 g/mol. The van der Waals surface area contributed by atoms with Crippen LogP contribution in [0.3, 0.4) is 0 Å². The van der Waals surface area contributed by atoms with Crippen molar-refractivity contribution in [2.75, 3.05) is 17.3 Å². The third kappa shape index (κ3) is 6.78. The first-order valence-corrected chi connectivity index (χ1v) is 9.96. The Hall–Kier alpha value is -2.73. The van der Waals surface area contributed by atoms with Crippen LogP contribution in [0.15, 0.2) is 54.6 Å². The van der Waals surface area contributed by atoms with E-state index in [1.807, 2.05) is 30.3 Å². The summed E-state index contributed by atoms with van der Waals surface area (Å²) in [6.07, 6.45) is 4.67. The van der Waals surface area contributed by atoms with E-state index in [2.05, 4.69) is 17.6 Å². The van der Waals surface area contributed by atoms with Crippen LogP contribution in [0.1, 0.15) is 49.4 Å². The van der Waals surface area contributed by atoms with Gasteiger partial charge in [-0.05, 0) is 55.0 Å². The van der Waals surface area contributed by atoms with Crippen LogP contribution in [0, 0.1) is 0 Å². The fourth-order valence-electron chi connectivity index (χ4n) is 2.72. The van der Waals surface area contributed by atoms with Crippen LogP contribution in [0.5, 0.6) is 0 Å². The van der Waals surface area contributed by atoms with Gasteiger partial charge in [-0.15, -0.1) is 0 Å². The van der Waals surface area contributed by atoms with Crippen molar-refractivity contribution in [3.8, 4) is 0 Å². The number of unbranched alkanes of at least 4 members (excludes halogenated alkanes) is 3. The second kappa shape index (κ2) is 11.2. The van der Waals surface area contributed by atoms with Crippen LogP contribution in [-0.2, 0) is 4.79 Å². The van der Waals surface area contributed by atoms with Gasteiger partial charge < -0.3 is 15.5 Å². The molecule has 0 saturated heterocycles. The number of amides is 2. The molecule has 0 bridgehead atoms. The largest absolute Gasteiger partial charge is 0.332 e. The summed E-state index contributed by atoms with van der Waals surface area (Å²) in [7, 11) is 1.75. The van der Waals surface area contributed by atoms with Crippen LogP contribution in [0.25, 0.3) is 0 Å². The number of carbonyl (C=O) groups excluding carboxylic acids is 2. The molecule has 0 heterocycles. The standard InChI is InChI=1S/C22H27N3O2S/c1-3-4-5-9-12-20(26)24-22(28)23-18-15-13-17(14-16-18)21(27)25(2)19-10-7-6-8-11-19/h6-8,10-11,13-16H,3-5,9,12H2,1-2H3,(H2,23,24,26,28). The number of hydrogen-bond acceptors (Lipinski definition) is 3. The number of carbonyl (C=O) groups is 2. The number of nitrogens with zero attached hydrogens (tertiary/aromatic N) is 1. The van der Waals surface area contributed by atoms with Crippen molar-refractivity contribution in [2.45, 2.75) is 39.0 Å². The van der Waals surface area contributed by atoms with E-state index in [4.69, 9.17) is 12.2 Å². The van der Waals surface area contributed by atoms with Gasteiger partial charge in [0.1, 0.15) is 0 Å². The van der Waals surface area contributed by atoms with Gasteiger partial charge in [0, 0.05) is 30.4 Å². The number of nitrogens with one attached hydrogen (secondary N) is 2. The van der Waals surface area contributed by atoms with Gasteiger partial charge in [0.05, 0.1) is 0 Å². The predicted molar refractivity (Wildman–Crippen MR) is 119 cm³/mol. The van der Waals surface area contributed by atoms with E-state index < -0.39 is 0 Å². The zero-order chi connectivity index (χ0) is 20.4. The minimum Gasteiger partial charge on any atom is -0.332 e. The van der Waals surface area contributed by atoms with Crippen LogP contribution >= 0.6 is 12.2 Å². The molecule has 5 nitrogen and oxygen atoms in total. The molecule has 0 atom stereocenters. The minimum atomic E-state index is -0.0966. The fraction of sp³-hybridized carbons (Fsp3) is 0.318. The van der Waals surface area contributed by atoms with Gasteiger partial charge in [0.25, 0.3) is 5.91 Å². The number of anilines is 2. The maximum Gasteiger partial charge on any atom is 0.258 e. The summed E-state index contributed by atoms with van der Waals surface area (Å²) in [4.78, 5) is 26.1.